The van der Waals surface area contributed by atoms with Crippen LogP contribution in [0.2, 0.25) is 0 Å². The Morgan fingerprint density at radius 3 is 2.50 bits per heavy atom. The van der Waals surface area contributed by atoms with Crippen molar-refractivity contribution in [1.29, 1.82) is 0 Å². The van der Waals surface area contributed by atoms with Crippen LogP contribution in [0.4, 0.5) is 4.39 Å². The standard InChI is InChI=1S/C20H23FN2O2.ClH/c1-2-18(25-19-11-7-6-10-16(19)21)20(24)23-12-15(17(22)13-23)14-8-4-3-5-9-14;/h3-11,15,17-18H,2,12-13,22H2,1H3;1H/t15-,17+,18?;/m0./s1. The number of benzene rings is 2. The predicted molar refractivity (Wildman–Crippen MR) is 102 cm³/mol. The van der Waals surface area contributed by atoms with E-state index >= 15 is 0 Å². The Labute approximate surface area is 159 Å². The predicted octanol–water partition coefficient (Wildman–Crippen LogP) is 3.36. The van der Waals surface area contributed by atoms with Gasteiger partial charge in [-0.05, 0) is 24.1 Å². The first-order chi connectivity index (χ1) is 12.1. The van der Waals surface area contributed by atoms with Gasteiger partial charge in [0.2, 0.25) is 0 Å². The van der Waals surface area contributed by atoms with E-state index in [4.69, 9.17) is 10.5 Å². The minimum absolute atomic E-state index is 0. The number of para-hydroxylation sites is 1. The summed E-state index contributed by atoms with van der Waals surface area (Å²) in [7, 11) is 0. The maximum Gasteiger partial charge on any atom is 0.263 e. The van der Waals surface area contributed by atoms with Gasteiger partial charge in [0.15, 0.2) is 17.7 Å². The van der Waals surface area contributed by atoms with Gasteiger partial charge in [0.1, 0.15) is 0 Å². The minimum Gasteiger partial charge on any atom is -0.478 e. The average Bonchev–Trinajstić information content (AvgIpc) is 3.03. The Hall–Kier alpha value is -2.11. The van der Waals surface area contributed by atoms with E-state index < -0.39 is 11.9 Å². The Balaban J connectivity index is 0.00000243. The number of halogens is 2. The van der Waals surface area contributed by atoms with E-state index in [0.717, 1.165) is 5.56 Å². The van der Waals surface area contributed by atoms with E-state index in [-0.39, 0.29) is 36.0 Å². The van der Waals surface area contributed by atoms with Crippen LogP contribution in [0.15, 0.2) is 54.6 Å². The molecule has 1 aliphatic rings. The largest absolute Gasteiger partial charge is 0.478 e. The smallest absolute Gasteiger partial charge is 0.263 e. The molecular weight excluding hydrogens is 355 g/mol. The highest BCUT2D eigenvalue weighted by Crippen LogP contribution is 2.28. The third-order valence-corrected chi connectivity index (χ3v) is 4.66. The van der Waals surface area contributed by atoms with E-state index in [1.54, 1.807) is 17.0 Å². The highest BCUT2D eigenvalue weighted by atomic mass is 35.5. The summed E-state index contributed by atoms with van der Waals surface area (Å²) in [6, 6.07) is 16.0. The fraction of sp³-hybridized carbons (Fsp3) is 0.350. The van der Waals surface area contributed by atoms with Crippen LogP contribution in [-0.4, -0.2) is 36.0 Å². The number of nitrogens with two attached hydrogens (primary N) is 1. The first-order valence-electron chi connectivity index (χ1n) is 8.60. The molecule has 0 aromatic heterocycles. The van der Waals surface area contributed by atoms with Crippen LogP contribution in [0, 0.1) is 5.82 Å². The molecule has 1 amide bonds. The lowest BCUT2D eigenvalue weighted by atomic mass is 9.95. The van der Waals surface area contributed by atoms with Gasteiger partial charge in [-0.25, -0.2) is 4.39 Å². The van der Waals surface area contributed by atoms with Crippen LogP contribution >= 0.6 is 12.4 Å². The van der Waals surface area contributed by atoms with Crippen molar-refractivity contribution < 1.29 is 13.9 Å². The summed E-state index contributed by atoms with van der Waals surface area (Å²) in [5.41, 5.74) is 7.40. The lowest BCUT2D eigenvalue weighted by molar-refractivity contribution is -0.137. The number of carbonyl (C=O) groups is 1. The average molecular weight is 379 g/mol. The summed E-state index contributed by atoms with van der Waals surface area (Å²) in [5, 5.41) is 0. The molecule has 140 valence electrons. The molecular formula is C20H24ClFN2O2. The zero-order valence-electron chi connectivity index (χ0n) is 14.7. The molecule has 4 nitrogen and oxygen atoms in total. The lowest BCUT2D eigenvalue weighted by Crippen LogP contribution is -2.41. The topological polar surface area (TPSA) is 55.6 Å². The van der Waals surface area contributed by atoms with E-state index in [1.165, 1.54) is 12.1 Å². The third-order valence-electron chi connectivity index (χ3n) is 4.66. The van der Waals surface area contributed by atoms with Crippen LogP contribution < -0.4 is 10.5 Å². The zero-order chi connectivity index (χ0) is 17.8. The molecule has 1 fully saturated rings. The van der Waals surface area contributed by atoms with Gasteiger partial charge in [-0.2, -0.15) is 0 Å². The monoisotopic (exact) mass is 378 g/mol. The fourth-order valence-corrected chi connectivity index (χ4v) is 3.27. The first kappa shape index (κ1) is 20.2. The molecule has 0 aliphatic carbocycles. The molecule has 26 heavy (non-hydrogen) atoms. The Kier molecular flexibility index (Phi) is 7.00. The molecule has 2 aromatic rings. The second-order valence-corrected chi connectivity index (χ2v) is 6.37. The molecule has 0 saturated carbocycles. The Bertz CT molecular complexity index is 729. The normalized spacial score (nSPS) is 20.3. The molecule has 1 saturated heterocycles. The van der Waals surface area contributed by atoms with Crippen LogP contribution in [0.5, 0.6) is 5.75 Å². The van der Waals surface area contributed by atoms with Crippen LogP contribution in [-0.2, 0) is 4.79 Å². The van der Waals surface area contributed by atoms with Crippen molar-refractivity contribution in [1.82, 2.24) is 4.90 Å². The van der Waals surface area contributed by atoms with Crippen molar-refractivity contribution >= 4 is 18.3 Å². The Morgan fingerprint density at radius 1 is 1.19 bits per heavy atom. The summed E-state index contributed by atoms with van der Waals surface area (Å²) in [5.74, 6) is -0.393. The second kappa shape index (κ2) is 9.01. The highest BCUT2D eigenvalue weighted by Gasteiger charge is 2.36. The maximum atomic E-state index is 13.8. The van der Waals surface area contributed by atoms with Gasteiger partial charge in [0.05, 0.1) is 0 Å². The van der Waals surface area contributed by atoms with E-state index in [1.807, 2.05) is 37.3 Å². The number of amides is 1. The minimum atomic E-state index is -0.710. The van der Waals surface area contributed by atoms with Crippen LogP contribution in [0.1, 0.15) is 24.8 Å². The van der Waals surface area contributed by atoms with E-state index in [2.05, 4.69) is 0 Å². The van der Waals surface area contributed by atoms with Crippen molar-refractivity contribution in [2.45, 2.75) is 31.4 Å². The SMILES string of the molecule is CCC(Oc1ccccc1F)C(=O)N1C[C@@H](N)[C@H](c2ccccc2)C1.Cl. The second-order valence-electron chi connectivity index (χ2n) is 6.37. The van der Waals surface area contributed by atoms with Crippen LogP contribution in [0.3, 0.4) is 0 Å². The molecule has 0 bridgehead atoms. The summed E-state index contributed by atoms with van der Waals surface area (Å²) in [4.78, 5) is 14.6. The van der Waals surface area contributed by atoms with Crippen molar-refractivity contribution in [3.8, 4) is 5.75 Å². The van der Waals surface area contributed by atoms with Crippen molar-refractivity contribution in [3.63, 3.8) is 0 Å². The molecule has 0 radical (unpaired) electrons. The quantitative estimate of drug-likeness (QED) is 0.868. The third kappa shape index (κ3) is 4.34. The summed E-state index contributed by atoms with van der Waals surface area (Å²) in [6.45, 7) is 2.89. The molecule has 6 heteroatoms. The van der Waals surface area contributed by atoms with Gasteiger partial charge >= 0.3 is 0 Å². The maximum absolute atomic E-state index is 13.8. The van der Waals surface area contributed by atoms with Gasteiger partial charge in [-0.15, -0.1) is 12.4 Å². The number of rotatable bonds is 5. The van der Waals surface area contributed by atoms with Gasteiger partial charge in [-0.1, -0.05) is 49.4 Å². The molecule has 0 spiro atoms. The summed E-state index contributed by atoms with van der Waals surface area (Å²) in [6.07, 6.45) is -0.242. The number of ether oxygens (including phenoxy) is 1. The molecule has 1 heterocycles. The van der Waals surface area contributed by atoms with Gasteiger partial charge in [0, 0.05) is 25.0 Å². The number of likely N-dealkylation sites (tertiary alicyclic amines) is 1. The molecule has 2 aromatic carbocycles. The van der Waals surface area contributed by atoms with Gasteiger partial charge in [0.25, 0.3) is 5.91 Å². The fourth-order valence-electron chi connectivity index (χ4n) is 3.27. The summed E-state index contributed by atoms with van der Waals surface area (Å²) < 4.78 is 19.4. The number of nitrogens with zero attached hydrogens (tertiary/aromatic N) is 1. The first-order valence-corrected chi connectivity index (χ1v) is 8.60. The van der Waals surface area contributed by atoms with Crippen LogP contribution in [0.25, 0.3) is 0 Å². The van der Waals surface area contributed by atoms with E-state index in [0.29, 0.717) is 19.5 Å². The molecule has 2 N–H and O–H groups in total. The molecule has 1 aliphatic heterocycles. The van der Waals surface area contributed by atoms with Gasteiger partial charge in [-0.3, -0.25) is 4.79 Å². The van der Waals surface area contributed by atoms with E-state index in [9.17, 15) is 9.18 Å². The molecule has 1 unspecified atom stereocenters. The van der Waals surface area contributed by atoms with Crippen molar-refractivity contribution in [2.24, 2.45) is 5.73 Å². The van der Waals surface area contributed by atoms with Gasteiger partial charge < -0.3 is 15.4 Å². The van der Waals surface area contributed by atoms with Crippen molar-refractivity contribution in [3.05, 3.63) is 66.0 Å². The highest BCUT2D eigenvalue weighted by molar-refractivity contribution is 5.85. The Morgan fingerprint density at radius 2 is 1.85 bits per heavy atom. The molecule has 3 rings (SSSR count). The molecule has 3 atom stereocenters. The van der Waals surface area contributed by atoms with Crippen molar-refractivity contribution in [2.75, 3.05) is 13.1 Å². The lowest BCUT2D eigenvalue weighted by Gasteiger charge is -2.23. The number of hydrogen-bond donors (Lipinski definition) is 1. The zero-order valence-corrected chi connectivity index (χ0v) is 15.5. The number of carbonyl (C=O) groups excluding carboxylic acids is 1. The summed E-state index contributed by atoms with van der Waals surface area (Å²) >= 11 is 0. The number of hydrogen-bond acceptors (Lipinski definition) is 3.